The van der Waals surface area contributed by atoms with Crippen LogP contribution >= 0.6 is 11.3 Å². The standard InChI is InChI=1S/C13H16N2O4S/c1-13(2)6-9(16)15(11(13)19)12-14-8(7-20-12)4-3-5-10(17)18/h7H,3-6H2,1-2H3,(H,17,18). The molecule has 0 aromatic carbocycles. The van der Waals surface area contributed by atoms with Crippen LogP contribution in [0, 0.1) is 5.41 Å². The van der Waals surface area contributed by atoms with Crippen LogP contribution in [0.15, 0.2) is 5.38 Å². The van der Waals surface area contributed by atoms with Crippen LogP contribution in [0.1, 0.15) is 38.8 Å². The van der Waals surface area contributed by atoms with Crippen LogP contribution in [-0.2, 0) is 20.8 Å². The van der Waals surface area contributed by atoms with Crippen molar-refractivity contribution in [1.82, 2.24) is 4.98 Å². The molecule has 2 rings (SSSR count). The van der Waals surface area contributed by atoms with E-state index in [9.17, 15) is 14.4 Å². The summed E-state index contributed by atoms with van der Waals surface area (Å²) in [5, 5.41) is 10.7. The van der Waals surface area contributed by atoms with Crippen LogP contribution in [0.2, 0.25) is 0 Å². The van der Waals surface area contributed by atoms with E-state index in [1.165, 1.54) is 11.3 Å². The van der Waals surface area contributed by atoms with Crippen molar-refractivity contribution in [3.8, 4) is 0 Å². The second kappa shape index (κ2) is 5.32. The average molecular weight is 296 g/mol. The summed E-state index contributed by atoms with van der Waals surface area (Å²) in [5.41, 5.74) is 0.0447. The number of thiazole rings is 1. The molecule has 2 heterocycles. The van der Waals surface area contributed by atoms with Crippen molar-refractivity contribution >= 4 is 34.3 Å². The van der Waals surface area contributed by atoms with Crippen LogP contribution in [0.4, 0.5) is 5.13 Å². The normalized spacial score (nSPS) is 17.8. The number of carboxylic acids is 1. The first-order chi connectivity index (χ1) is 9.31. The quantitative estimate of drug-likeness (QED) is 0.838. The summed E-state index contributed by atoms with van der Waals surface area (Å²) < 4.78 is 0. The smallest absolute Gasteiger partial charge is 0.303 e. The van der Waals surface area contributed by atoms with Gasteiger partial charge < -0.3 is 5.11 Å². The van der Waals surface area contributed by atoms with E-state index in [0.29, 0.717) is 18.0 Å². The number of hydrogen-bond acceptors (Lipinski definition) is 5. The number of rotatable bonds is 5. The molecule has 6 nitrogen and oxygen atoms in total. The first-order valence-electron chi connectivity index (χ1n) is 6.35. The van der Waals surface area contributed by atoms with Gasteiger partial charge in [-0.1, -0.05) is 13.8 Å². The van der Waals surface area contributed by atoms with Gasteiger partial charge in [-0.15, -0.1) is 11.3 Å². The molecule has 0 atom stereocenters. The molecule has 0 unspecified atom stereocenters. The number of aliphatic carboxylic acids is 1. The van der Waals surface area contributed by atoms with Crippen molar-refractivity contribution in [2.24, 2.45) is 5.41 Å². The first kappa shape index (κ1) is 14.6. The maximum atomic E-state index is 12.1. The minimum Gasteiger partial charge on any atom is -0.481 e. The van der Waals surface area contributed by atoms with Gasteiger partial charge in [0.2, 0.25) is 11.8 Å². The minimum absolute atomic E-state index is 0.0848. The number of carboxylic acid groups (broad SMARTS) is 1. The van der Waals surface area contributed by atoms with E-state index in [-0.39, 0.29) is 24.7 Å². The lowest BCUT2D eigenvalue weighted by molar-refractivity contribution is -0.137. The van der Waals surface area contributed by atoms with Gasteiger partial charge in [0.05, 0.1) is 11.1 Å². The predicted octanol–water partition coefficient (Wildman–Crippen LogP) is 1.84. The lowest BCUT2D eigenvalue weighted by atomic mass is 9.92. The Balaban J connectivity index is 2.07. The van der Waals surface area contributed by atoms with Gasteiger partial charge in [-0.2, -0.15) is 0 Å². The number of imide groups is 1. The molecule has 0 spiro atoms. The Morgan fingerprint density at radius 2 is 2.20 bits per heavy atom. The third kappa shape index (κ3) is 2.87. The summed E-state index contributed by atoms with van der Waals surface area (Å²) in [6.07, 6.45) is 1.30. The Morgan fingerprint density at radius 3 is 2.75 bits per heavy atom. The zero-order chi connectivity index (χ0) is 14.9. The highest BCUT2D eigenvalue weighted by Crippen LogP contribution is 2.36. The van der Waals surface area contributed by atoms with Crippen molar-refractivity contribution in [2.75, 3.05) is 4.90 Å². The summed E-state index contributed by atoms with van der Waals surface area (Å²) >= 11 is 1.24. The Bertz CT molecular complexity index is 564. The largest absolute Gasteiger partial charge is 0.481 e. The van der Waals surface area contributed by atoms with Gasteiger partial charge >= 0.3 is 5.97 Å². The third-order valence-corrected chi connectivity index (χ3v) is 4.05. The number of aromatic nitrogens is 1. The molecule has 1 saturated heterocycles. The van der Waals surface area contributed by atoms with Crippen LogP contribution < -0.4 is 4.90 Å². The molecule has 0 radical (unpaired) electrons. The van der Waals surface area contributed by atoms with E-state index in [1.54, 1.807) is 19.2 Å². The van der Waals surface area contributed by atoms with Crippen LogP contribution in [0.25, 0.3) is 0 Å². The first-order valence-corrected chi connectivity index (χ1v) is 7.23. The van der Waals surface area contributed by atoms with Gasteiger partial charge in [0.1, 0.15) is 0 Å². The number of aryl methyl sites for hydroxylation is 1. The van der Waals surface area contributed by atoms with Gasteiger partial charge in [0.15, 0.2) is 5.13 Å². The molecule has 0 aliphatic carbocycles. The van der Waals surface area contributed by atoms with Gasteiger partial charge in [-0.05, 0) is 12.8 Å². The van der Waals surface area contributed by atoms with Gasteiger partial charge in [-0.25, -0.2) is 9.88 Å². The zero-order valence-corrected chi connectivity index (χ0v) is 12.2. The molecule has 7 heteroatoms. The molecule has 108 valence electrons. The molecule has 0 bridgehead atoms. The molecule has 1 aliphatic rings. The fourth-order valence-electron chi connectivity index (χ4n) is 2.08. The van der Waals surface area contributed by atoms with Crippen molar-refractivity contribution in [3.63, 3.8) is 0 Å². The van der Waals surface area contributed by atoms with Crippen molar-refractivity contribution in [1.29, 1.82) is 0 Å². The molecule has 1 N–H and O–H groups in total. The molecule has 1 aliphatic heterocycles. The molecule has 1 aromatic rings. The highest BCUT2D eigenvalue weighted by atomic mass is 32.1. The van der Waals surface area contributed by atoms with Crippen molar-refractivity contribution < 1.29 is 19.5 Å². The van der Waals surface area contributed by atoms with E-state index in [2.05, 4.69) is 4.98 Å². The summed E-state index contributed by atoms with van der Waals surface area (Å²) in [7, 11) is 0. The molecular weight excluding hydrogens is 280 g/mol. The van der Waals surface area contributed by atoms with Crippen molar-refractivity contribution in [2.45, 2.75) is 39.5 Å². The van der Waals surface area contributed by atoms with E-state index in [1.807, 2.05) is 0 Å². The van der Waals surface area contributed by atoms with Crippen LogP contribution in [0.5, 0.6) is 0 Å². The Hall–Kier alpha value is -1.76. The van der Waals surface area contributed by atoms with E-state index in [4.69, 9.17) is 5.11 Å². The molecule has 1 fully saturated rings. The van der Waals surface area contributed by atoms with E-state index in [0.717, 1.165) is 10.6 Å². The number of hydrogen-bond donors (Lipinski definition) is 1. The molecule has 20 heavy (non-hydrogen) atoms. The number of amides is 2. The second-order valence-electron chi connectivity index (χ2n) is 5.46. The second-order valence-corrected chi connectivity index (χ2v) is 6.30. The van der Waals surface area contributed by atoms with E-state index < -0.39 is 11.4 Å². The summed E-state index contributed by atoms with van der Waals surface area (Å²) in [6.45, 7) is 3.49. The van der Waals surface area contributed by atoms with Gasteiger partial charge in [-0.3, -0.25) is 14.4 Å². The maximum absolute atomic E-state index is 12.1. The SMILES string of the molecule is CC1(C)CC(=O)N(c2nc(CCCC(=O)O)cs2)C1=O. The molecule has 2 amide bonds. The number of carbonyl (C=O) groups is 3. The third-order valence-electron chi connectivity index (χ3n) is 3.18. The predicted molar refractivity (Wildman–Crippen MR) is 73.6 cm³/mol. The molecule has 1 aromatic heterocycles. The topological polar surface area (TPSA) is 87.6 Å². The number of anilines is 1. The highest BCUT2D eigenvalue weighted by Gasteiger charge is 2.46. The Morgan fingerprint density at radius 1 is 1.50 bits per heavy atom. The Labute approximate surface area is 120 Å². The minimum atomic E-state index is -0.841. The molecular formula is C13H16N2O4S. The van der Waals surface area contributed by atoms with Crippen LogP contribution in [-0.4, -0.2) is 27.9 Å². The summed E-state index contributed by atoms with van der Waals surface area (Å²) in [4.78, 5) is 39.9. The average Bonchev–Trinajstić information content (AvgIpc) is 2.83. The van der Waals surface area contributed by atoms with Gasteiger partial charge in [0.25, 0.3) is 0 Å². The van der Waals surface area contributed by atoms with Crippen molar-refractivity contribution in [3.05, 3.63) is 11.1 Å². The lowest BCUT2D eigenvalue weighted by Gasteiger charge is -2.14. The van der Waals surface area contributed by atoms with Gasteiger partial charge in [0, 0.05) is 18.2 Å². The highest BCUT2D eigenvalue weighted by molar-refractivity contribution is 7.14. The summed E-state index contributed by atoms with van der Waals surface area (Å²) in [6, 6.07) is 0. The van der Waals surface area contributed by atoms with E-state index >= 15 is 0 Å². The molecule has 0 saturated carbocycles. The van der Waals surface area contributed by atoms with Crippen LogP contribution in [0.3, 0.4) is 0 Å². The zero-order valence-electron chi connectivity index (χ0n) is 11.4. The lowest BCUT2D eigenvalue weighted by Crippen LogP contribution is -2.32. The fourth-order valence-corrected chi connectivity index (χ4v) is 2.95. The monoisotopic (exact) mass is 296 g/mol. The fraction of sp³-hybridized carbons (Fsp3) is 0.538. The maximum Gasteiger partial charge on any atom is 0.303 e. The number of nitrogens with zero attached hydrogens (tertiary/aromatic N) is 2. The Kier molecular flexibility index (Phi) is 3.89. The number of carbonyl (C=O) groups excluding carboxylic acids is 2. The summed E-state index contributed by atoms with van der Waals surface area (Å²) in [5.74, 6) is -1.30.